The molecule has 2 unspecified atom stereocenters. The van der Waals surface area contributed by atoms with Crippen molar-refractivity contribution >= 4 is 0 Å². The minimum Gasteiger partial charge on any atom is -0.378 e. The average molecular weight is 239 g/mol. The minimum absolute atomic E-state index is 0.514. The van der Waals surface area contributed by atoms with Gasteiger partial charge in [0.05, 0.1) is 6.10 Å². The lowest BCUT2D eigenvalue weighted by Gasteiger charge is -2.25. The summed E-state index contributed by atoms with van der Waals surface area (Å²) in [6.45, 7) is 10.5. The highest BCUT2D eigenvalue weighted by atomic mass is 16.5. The van der Waals surface area contributed by atoms with E-state index in [0.717, 1.165) is 19.6 Å². The molecule has 1 saturated heterocycles. The smallest absolute Gasteiger partial charge is 0.0575 e. The molecule has 0 saturated carbocycles. The van der Waals surface area contributed by atoms with Crippen molar-refractivity contribution in [3.8, 4) is 0 Å². The fourth-order valence-electron chi connectivity index (χ4n) is 2.47. The van der Waals surface area contributed by atoms with Gasteiger partial charge in [-0.1, -0.05) is 12.5 Å². The van der Waals surface area contributed by atoms with Crippen molar-refractivity contribution in [2.45, 2.75) is 70.9 Å². The molecule has 1 N–H and O–H groups in total. The Balaban J connectivity index is 2.23. The van der Waals surface area contributed by atoms with Crippen LogP contribution in [0.2, 0.25) is 0 Å². The van der Waals surface area contributed by atoms with E-state index in [0.29, 0.717) is 12.1 Å². The van der Waals surface area contributed by atoms with Crippen molar-refractivity contribution in [1.29, 1.82) is 0 Å². The average Bonchev–Trinajstić information content (AvgIpc) is 2.33. The molecule has 100 valence electrons. The Kier molecular flexibility index (Phi) is 7.54. The van der Waals surface area contributed by atoms with E-state index in [4.69, 9.17) is 4.74 Å². The highest BCUT2D eigenvalue weighted by Gasteiger charge is 2.16. The molecule has 0 amide bonds. The summed E-state index contributed by atoms with van der Waals surface area (Å²) in [5, 5.41) is 3.62. The maximum absolute atomic E-state index is 5.79. The second kappa shape index (κ2) is 8.71. The quantitative estimate of drug-likeness (QED) is 0.653. The fraction of sp³-hybridized carbons (Fsp3) is 0.867. The van der Waals surface area contributed by atoms with Crippen molar-refractivity contribution in [3.05, 3.63) is 12.2 Å². The van der Waals surface area contributed by atoms with E-state index >= 15 is 0 Å². The van der Waals surface area contributed by atoms with Crippen molar-refractivity contribution in [2.24, 2.45) is 0 Å². The highest BCUT2D eigenvalue weighted by molar-refractivity contribution is 4.93. The largest absolute Gasteiger partial charge is 0.378 e. The molecule has 0 aromatic carbocycles. The molecule has 1 rings (SSSR count). The third-order valence-corrected chi connectivity index (χ3v) is 3.39. The van der Waals surface area contributed by atoms with Gasteiger partial charge in [0.25, 0.3) is 0 Å². The van der Waals surface area contributed by atoms with Crippen LogP contribution in [0.3, 0.4) is 0 Å². The Morgan fingerprint density at radius 1 is 1.47 bits per heavy atom. The van der Waals surface area contributed by atoms with Crippen LogP contribution in [-0.2, 0) is 4.74 Å². The lowest BCUT2D eigenvalue weighted by Crippen LogP contribution is -2.31. The maximum Gasteiger partial charge on any atom is 0.0575 e. The van der Waals surface area contributed by atoms with Crippen LogP contribution in [-0.4, -0.2) is 25.3 Å². The van der Waals surface area contributed by atoms with Crippen LogP contribution in [0.1, 0.15) is 58.8 Å². The monoisotopic (exact) mass is 239 g/mol. The van der Waals surface area contributed by atoms with E-state index in [1.165, 1.54) is 44.1 Å². The van der Waals surface area contributed by atoms with Crippen molar-refractivity contribution in [1.82, 2.24) is 5.32 Å². The number of nitrogens with one attached hydrogen (secondary N) is 1. The first-order chi connectivity index (χ1) is 8.22. The van der Waals surface area contributed by atoms with Gasteiger partial charge in [-0.2, -0.15) is 0 Å². The van der Waals surface area contributed by atoms with Crippen molar-refractivity contribution in [2.75, 3.05) is 13.2 Å². The first kappa shape index (κ1) is 14.7. The Hall–Kier alpha value is -0.340. The van der Waals surface area contributed by atoms with Crippen LogP contribution in [0.4, 0.5) is 0 Å². The van der Waals surface area contributed by atoms with Gasteiger partial charge in [-0.25, -0.2) is 0 Å². The molecule has 0 bridgehead atoms. The molecule has 2 heteroatoms. The van der Waals surface area contributed by atoms with Crippen LogP contribution < -0.4 is 5.32 Å². The highest BCUT2D eigenvalue weighted by Crippen LogP contribution is 2.19. The van der Waals surface area contributed by atoms with Crippen LogP contribution in [0.5, 0.6) is 0 Å². The molecule has 1 aliphatic rings. The molecule has 17 heavy (non-hydrogen) atoms. The van der Waals surface area contributed by atoms with Gasteiger partial charge in [0, 0.05) is 12.6 Å². The molecule has 0 spiro atoms. The zero-order chi connectivity index (χ0) is 12.5. The molecule has 0 aromatic rings. The number of hydrogen-bond acceptors (Lipinski definition) is 2. The summed E-state index contributed by atoms with van der Waals surface area (Å²) >= 11 is 0. The summed E-state index contributed by atoms with van der Waals surface area (Å²) < 4.78 is 5.79. The zero-order valence-electron chi connectivity index (χ0n) is 11.6. The van der Waals surface area contributed by atoms with Gasteiger partial charge in [0.1, 0.15) is 0 Å². The summed E-state index contributed by atoms with van der Waals surface area (Å²) in [4.78, 5) is 0. The second-order valence-corrected chi connectivity index (χ2v) is 5.38. The molecule has 1 heterocycles. The van der Waals surface area contributed by atoms with E-state index < -0.39 is 0 Å². The normalized spacial score (nSPS) is 22.4. The summed E-state index contributed by atoms with van der Waals surface area (Å²) in [7, 11) is 0. The topological polar surface area (TPSA) is 21.3 Å². The summed E-state index contributed by atoms with van der Waals surface area (Å²) in [5.74, 6) is 0. The number of rotatable bonds is 8. The predicted molar refractivity (Wildman–Crippen MR) is 74.3 cm³/mol. The van der Waals surface area contributed by atoms with E-state index in [-0.39, 0.29) is 0 Å². The first-order valence-corrected chi connectivity index (χ1v) is 7.21. The summed E-state index contributed by atoms with van der Waals surface area (Å²) in [5.41, 5.74) is 1.28. The number of ether oxygens (including phenoxy) is 1. The lowest BCUT2D eigenvalue weighted by atomic mass is 9.98. The molecule has 0 aromatic heterocycles. The van der Waals surface area contributed by atoms with Gasteiger partial charge < -0.3 is 10.1 Å². The maximum atomic E-state index is 5.79. The van der Waals surface area contributed by atoms with E-state index in [1.54, 1.807) is 0 Å². The third kappa shape index (κ3) is 6.85. The zero-order valence-corrected chi connectivity index (χ0v) is 11.6. The summed E-state index contributed by atoms with van der Waals surface area (Å²) in [6.07, 6.45) is 9.09. The lowest BCUT2D eigenvalue weighted by molar-refractivity contribution is 0.00859. The Bertz CT molecular complexity index is 209. The van der Waals surface area contributed by atoms with E-state index in [2.05, 4.69) is 25.7 Å². The molecule has 1 fully saturated rings. The summed E-state index contributed by atoms with van der Waals surface area (Å²) in [6, 6.07) is 0.595. The molecule has 2 atom stereocenters. The third-order valence-electron chi connectivity index (χ3n) is 3.39. The molecular weight excluding hydrogens is 210 g/mol. The van der Waals surface area contributed by atoms with Crippen LogP contribution >= 0.6 is 0 Å². The van der Waals surface area contributed by atoms with Gasteiger partial charge >= 0.3 is 0 Å². The minimum atomic E-state index is 0.514. The van der Waals surface area contributed by atoms with Gasteiger partial charge in [0.2, 0.25) is 0 Å². The fourth-order valence-corrected chi connectivity index (χ4v) is 2.47. The van der Waals surface area contributed by atoms with Gasteiger partial charge in [-0.05, 0) is 58.4 Å². The molecule has 0 aliphatic carbocycles. The van der Waals surface area contributed by atoms with Crippen molar-refractivity contribution in [3.63, 3.8) is 0 Å². The van der Waals surface area contributed by atoms with E-state index in [9.17, 15) is 0 Å². The van der Waals surface area contributed by atoms with Gasteiger partial charge in [-0.3, -0.25) is 0 Å². The van der Waals surface area contributed by atoms with Crippen molar-refractivity contribution < 1.29 is 4.74 Å². The Morgan fingerprint density at radius 2 is 2.29 bits per heavy atom. The predicted octanol–water partition coefficient (Wildman–Crippen LogP) is 3.67. The second-order valence-electron chi connectivity index (χ2n) is 5.38. The molecule has 2 nitrogen and oxygen atoms in total. The molecule has 1 aliphatic heterocycles. The Morgan fingerprint density at radius 3 is 2.88 bits per heavy atom. The Labute approximate surface area is 107 Å². The first-order valence-electron chi connectivity index (χ1n) is 7.21. The molecule has 0 radical (unpaired) electrons. The van der Waals surface area contributed by atoms with E-state index in [1.807, 2.05) is 0 Å². The van der Waals surface area contributed by atoms with Crippen LogP contribution in [0.15, 0.2) is 12.2 Å². The van der Waals surface area contributed by atoms with Crippen LogP contribution in [0, 0.1) is 0 Å². The van der Waals surface area contributed by atoms with Crippen LogP contribution in [0.25, 0.3) is 0 Å². The molecular formula is C15H29NO. The SMILES string of the molecule is C=C(C)CC(CCC1CCCCO1)NCCC. The van der Waals surface area contributed by atoms with Gasteiger partial charge in [0.15, 0.2) is 0 Å². The van der Waals surface area contributed by atoms with Gasteiger partial charge in [-0.15, -0.1) is 6.58 Å². The standard InChI is InChI=1S/C15H29NO/c1-4-10-16-14(12-13(2)3)8-9-15-7-5-6-11-17-15/h14-16H,2,4-12H2,1,3H3. The number of hydrogen-bond donors (Lipinski definition) is 1.